The summed E-state index contributed by atoms with van der Waals surface area (Å²) in [5.74, 6) is -1.87. The van der Waals surface area contributed by atoms with Crippen LogP contribution in [0.4, 0.5) is 0 Å². The van der Waals surface area contributed by atoms with Crippen LogP contribution in [0.3, 0.4) is 0 Å². The maximum atomic E-state index is 12.2. The predicted octanol–water partition coefficient (Wildman–Crippen LogP) is 1.95. The maximum absolute atomic E-state index is 12.2. The average molecular weight is 315 g/mol. The second kappa shape index (κ2) is 5.16. The van der Waals surface area contributed by atoms with Crippen molar-refractivity contribution in [2.75, 3.05) is 13.2 Å². The molecule has 6 nitrogen and oxygen atoms in total. The van der Waals surface area contributed by atoms with Gasteiger partial charge in [0.1, 0.15) is 0 Å². The smallest absolute Gasteiger partial charge is 0.336 e. The summed E-state index contributed by atoms with van der Waals surface area (Å²) in [6.07, 6.45) is 3.42. The van der Waals surface area contributed by atoms with Crippen molar-refractivity contribution in [3.05, 3.63) is 35.4 Å². The minimum Gasteiger partial charge on any atom is -0.381 e. The van der Waals surface area contributed by atoms with Crippen LogP contribution in [0.5, 0.6) is 0 Å². The fourth-order valence-corrected chi connectivity index (χ4v) is 3.78. The van der Waals surface area contributed by atoms with Gasteiger partial charge in [0.15, 0.2) is 0 Å². The molecule has 1 aromatic carbocycles. The molecule has 0 bridgehead atoms. The van der Waals surface area contributed by atoms with Gasteiger partial charge in [-0.3, -0.25) is 9.59 Å². The van der Waals surface area contributed by atoms with E-state index in [0.29, 0.717) is 5.06 Å². The number of ether oxygens (including phenoxy) is 1. The molecule has 2 heterocycles. The first-order valence-corrected chi connectivity index (χ1v) is 7.87. The molecule has 1 aromatic rings. The Kier molecular flexibility index (Phi) is 3.23. The summed E-state index contributed by atoms with van der Waals surface area (Å²) < 4.78 is 5.35. The van der Waals surface area contributed by atoms with E-state index in [4.69, 9.17) is 9.57 Å². The Bertz CT molecular complexity index is 649. The van der Waals surface area contributed by atoms with Crippen molar-refractivity contribution in [3.63, 3.8) is 0 Å². The summed E-state index contributed by atoms with van der Waals surface area (Å²) in [6, 6.07) is 6.47. The van der Waals surface area contributed by atoms with Gasteiger partial charge in [0.05, 0.1) is 17.0 Å². The maximum Gasteiger partial charge on any atom is 0.336 e. The van der Waals surface area contributed by atoms with E-state index in [2.05, 4.69) is 0 Å². The molecule has 6 heteroatoms. The molecule has 0 N–H and O–H groups in total. The number of benzene rings is 1. The van der Waals surface area contributed by atoms with E-state index in [1.165, 1.54) is 0 Å². The number of hydrogen-bond donors (Lipinski definition) is 0. The summed E-state index contributed by atoms with van der Waals surface area (Å²) in [4.78, 5) is 41.7. The standard InChI is InChI=1S/C17H17NO5/c19-14-12-3-1-2-4-13(12)15(20)18(14)23-16(21)11-9-17(10-11)5-7-22-8-6-17/h1-4,11H,5-10H2. The van der Waals surface area contributed by atoms with Gasteiger partial charge in [0, 0.05) is 13.2 Å². The van der Waals surface area contributed by atoms with E-state index < -0.39 is 17.8 Å². The molecule has 0 aromatic heterocycles. The fourth-order valence-electron chi connectivity index (χ4n) is 3.78. The van der Waals surface area contributed by atoms with Gasteiger partial charge in [-0.25, -0.2) is 4.79 Å². The first-order chi connectivity index (χ1) is 11.1. The Labute approximate surface area is 133 Å². The first kappa shape index (κ1) is 14.4. The van der Waals surface area contributed by atoms with Gasteiger partial charge in [-0.05, 0) is 43.2 Å². The molecule has 3 aliphatic rings. The van der Waals surface area contributed by atoms with Gasteiger partial charge < -0.3 is 9.57 Å². The van der Waals surface area contributed by atoms with Crippen LogP contribution in [0, 0.1) is 11.3 Å². The number of hydrogen-bond acceptors (Lipinski definition) is 5. The first-order valence-electron chi connectivity index (χ1n) is 7.87. The summed E-state index contributed by atoms with van der Waals surface area (Å²) in [5, 5.41) is 0.599. The minimum atomic E-state index is -0.570. The lowest BCUT2D eigenvalue weighted by atomic mass is 9.58. The van der Waals surface area contributed by atoms with Gasteiger partial charge in [0.2, 0.25) is 0 Å². The van der Waals surface area contributed by atoms with Crippen LogP contribution in [0.15, 0.2) is 24.3 Å². The molecule has 1 spiro atoms. The number of amides is 2. The number of carbonyl (C=O) groups excluding carboxylic acids is 3. The molecular formula is C17H17NO5. The van der Waals surface area contributed by atoms with Gasteiger partial charge in [0.25, 0.3) is 11.8 Å². The van der Waals surface area contributed by atoms with Crippen LogP contribution >= 0.6 is 0 Å². The van der Waals surface area contributed by atoms with Crippen LogP contribution in [0.25, 0.3) is 0 Å². The molecule has 0 atom stereocenters. The zero-order valence-corrected chi connectivity index (χ0v) is 12.6. The number of nitrogens with zero attached hydrogens (tertiary/aromatic N) is 1. The molecule has 1 saturated carbocycles. The number of fused-ring (bicyclic) bond motifs is 1. The minimum absolute atomic E-state index is 0.184. The largest absolute Gasteiger partial charge is 0.381 e. The molecule has 0 unspecified atom stereocenters. The molecule has 120 valence electrons. The van der Waals surface area contributed by atoms with Crippen molar-refractivity contribution in [1.82, 2.24) is 5.06 Å². The summed E-state index contributed by atoms with van der Waals surface area (Å²) in [7, 11) is 0. The molecule has 23 heavy (non-hydrogen) atoms. The van der Waals surface area contributed by atoms with Gasteiger partial charge >= 0.3 is 5.97 Å². The van der Waals surface area contributed by atoms with E-state index in [0.717, 1.165) is 38.9 Å². The Balaban J connectivity index is 1.41. The van der Waals surface area contributed by atoms with Crippen molar-refractivity contribution in [2.45, 2.75) is 25.7 Å². The molecule has 1 aliphatic carbocycles. The highest BCUT2D eigenvalue weighted by molar-refractivity contribution is 6.20. The van der Waals surface area contributed by atoms with Crippen LogP contribution < -0.4 is 0 Å². The molecular weight excluding hydrogens is 298 g/mol. The quantitative estimate of drug-likeness (QED) is 0.780. The van der Waals surface area contributed by atoms with Crippen molar-refractivity contribution in [1.29, 1.82) is 0 Å². The molecule has 0 radical (unpaired) electrons. The lowest BCUT2D eigenvalue weighted by molar-refractivity contribution is -0.185. The lowest BCUT2D eigenvalue weighted by Crippen LogP contribution is -2.47. The highest BCUT2D eigenvalue weighted by atomic mass is 16.7. The third-order valence-corrected chi connectivity index (χ3v) is 5.18. The average Bonchev–Trinajstić information content (AvgIpc) is 2.79. The van der Waals surface area contributed by atoms with Crippen LogP contribution in [-0.2, 0) is 14.4 Å². The Morgan fingerprint density at radius 3 is 2.22 bits per heavy atom. The molecule has 2 fully saturated rings. The summed E-state index contributed by atoms with van der Waals surface area (Å²) in [5.41, 5.74) is 0.740. The van der Waals surface area contributed by atoms with Crippen molar-refractivity contribution in [3.8, 4) is 0 Å². The van der Waals surface area contributed by atoms with E-state index in [-0.39, 0.29) is 22.5 Å². The summed E-state index contributed by atoms with van der Waals surface area (Å²) >= 11 is 0. The summed E-state index contributed by atoms with van der Waals surface area (Å²) in [6.45, 7) is 1.47. The zero-order chi connectivity index (χ0) is 16.0. The second-order valence-electron chi connectivity index (χ2n) is 6.58. The monoisotopic (exact) mass is 315 g/mol. The molecule has 2 aliphatic heterocycles. The highest BCUT2D eigenvalue weighted by Gasteiger charge is 2.50. The normalized spacial score (nSPS) is 22.9. The number of imide groups is 1. The van der Waals surface area contributed by atoms with E-state index in [9.17, 15) is 14.4 Å². The highest BCUT2D eigenvalue weighted by Crippen LogP contribution is 2.52. The Morgan fingerprint density at radius 1 is 1.09 bits per heavy atom. The Morgan fingerprint density at radius 2 is 1.65 bits per heavy atom. The number of hydroxylamine groups is 2. The topological polar surface area (TPSA) is 72.9 Å². The van der Waals surface area contributed by atoms with Gasteiger partial charge in [-0.15, -0.1) is 0 Å². The van der Waals surface area contributed by atoms with Crippen LogP contribution in [-0.4, -0.2) is 36.1 Å². The molecule has 4 rings (SSSR count). The number of carbonyl (C=O) groups is 3. The zero-order valence-electron chi connectivity index (χ0n) is 12.6. The SMILES string of the molecule is O=C(ON1C(=O)c2ccccc2C1=O)C1CC2(CCOCC2)C1. The van der Waals surface area contributed by atoms with E-state index in [1.807, 2.05) is 0 Å². The van der Waals surface area contributed by atoms with Crippen molar-refractivity contribution in [2.24, 2.45) is 11.3 Å². The number of rotatable bonds is 2. The third kappa shape index (κ3) is 2.25. The van der Waals surface area contributed by atoms with Crippen LogP contribution in [0.2, 0.25) is 0 Å². The van der Waals surface area contributed by atoms with Crippen LogP contribution in [0.1, 0.15) is 46.4 Å². The second-order valence-corrected chi connectivity index (χ2v) is 6.58. The predicted molar refractivity (Wildman–Crippen MR) is 78.2 cm³/mol. The van der Waals surface area contributed by atoms with Gasteiger partial charge in [-0.1, -0.05) is 17.2 Å². The van der Waals surface area contributed by atoms with E-state index >= 15 is 0 Å². The molecule has 1 saturated heterocycles. The Hall–Kier alpha value is -2.21. The molecule has 2 amide bonds. The lowest BCUT2D eigenvalue weighted by Gasteiger charge is -2.48. The van der Waals surface area contributed by atoms with Gasteiger partial charge in [-0.2, -0.15) is 0 Å². The van der Waals surface area contributed by atoms with Crippen molar-refractivity contribution < 1.29 is 24.0 Å². The third-order valence-electron chi connectivity index (χ3n) is 5.18. The van der Waals surface area contributed by atoms with Crippen molar-refractivity contribution >= 4 is 17.8 Å². The van der Waals surface area contributed by atoms with E-state index in [1.54, 1.807) is 24.3 Å². The fraction of sp³-hybridized carbons (Fsp3) is 0.471.